The van der Waals surface area contributed by atoms with Crippen LogP contribution in [-0.2, 0) is 16.8 Å². The fourth-order valence-electron chi connectivity index (χ4n) is 5.70. The highest BCUT2D eigenvalue weighted by molar-refractivity contribution is 5.87. The number of aliphatic hydroxyl groups is 1. The van der Waals surface area contributed by atoms with Gasteiger partial charge in [-0.15, -0.1) is 0 Å². The van der Waals surface area contributed by atoms with Gasteiger partial charge in [0.05, 0.1) is 13.2 Å². The Hall–Kier alpha value is -3.04. The molecular weight excluding hydrogens is 406 g/mol. The van der Waals surface area contributed by atoms with Crippen molar-refractivity contribution in [3.05, 3.63) is 98.9 Å². The molecule has 3 aromatic carbocycles. The van der Waals surface area contributed by atoms with Gasteiger partial charge in [-0.2, -0.15) is 0 Å². The predicted octanol–water partition coefficient (Wildman–Crippen LogP) is 4.19. The third kappa shape index (κ3) is 3.21. The molecule has 2 aliphatic heterocycles. The minimum Gasteiger partial charge on any atom is -0.497 e. The van der Waals surface area contributed by atoms with E-state index in [0.29, 0.717) is 0 Å². The first-order valence-electron chi connectivity index (χ1n) is 12.2. The van der Waals surface area contributed by atoms with E-state index in [4.69, 9.17) is 4.74 Å². The molecule has 0 radical (unpaired) electrons. The molecule has 2 heterocycles. The summed E-state index contributed by atoms with van der Waals surface area (Å²) in [5.41, 5.74) is 8.45. The molecule has 1 aliphatic carbocycles. The molecule has 168 valence electrons. The van der Waals surface area contributed by atoms with Crippen molar-refractivity contribution >= 4 is 17.0 Å². The fourth-order valence-corrected chi connectivity index (χ4v) is 5.70. The smallest absolute Gasteiger partial charge is 0.103 e. The zero-order valence-electron chi connectivity index (χ0n) is 19.5. The summed E-state index contributed by atoms with van der Waals surface area (Å²) in [7, 11) is 0. The molecule has 6 rings (SSSR count). The first-order valence-corrected chi connectivity index (χ1v) is 12.2. The highest BCUT2D eigenvalue weighted by Gasteiger charge is 2.34. The largest absolute Gasteiger partial charge is 0.497 e. The van der Waals surface area contributed by atoms with E-state index < -0.39 is 0 Å². The minimum atomic E-state index is -0.140. The van der Waals surface area contributed by atoms with Crippen LogP contribution in [0.25, 0.3) is 11.3 Å². The van der Waals surface area contributed by atoms with Crippen molar-refractivity contribution in [3.63, 3.8) is 0 Å². The lowest BCUT2D eigenvalue weighted by atomic mass is 9.68. The maximum atomic E-state index is 10.2. The third-order valence-corrected chi connectivity index (χ3v) is 7.73. The van der Waals surface area contributed by atoms with E-state index in [9.17, 15) is 5.11 Å². The lowest BCUT2D eigenvalue weighted by Gasteiger charge is -2.38. The van der Waals surface area contributed by atoms with Crippen LogP contribution >= 0.6 is 0 Å². The molecule has 3 heteroatoms. The molecule has 3 aromatic rings. The fraction of sp³-hybridized carbons (Fsp3) is 0.333. The average Bonchev–Trinajstić information content (AvgIpc) is 3.34. The van der Waals surface area contributed by atoms with E-state index in [1.165, 1.54) is 44.8 Å². The summed E-state index contributed by atoms with van der Waals surface area (Å²) in [6.07, 6.45) is 3.38. The van der Waals surface area contributed by atoms with Gasteiger partial charge in [0, 0.05) is 35.8 Å². The number of nitrogens with zero attached hydrogens (tertiary/aromatic N) is 1. The molecule has 2 saturated heterocycles. The number of rotatable bonds is 3. The Kier molecular flexibility index (Phi) is 4.84. The van der Waals surface area contributed by atoms with Gasteiger partial charge in [-0.3, -0.25) is 0 Å². The maximum Gasteiger partial charge on any atom is 0.103 e. The second-order valence-electron chi connectivity index (χ2n) is 10.0. The Bertz CT molecular complexity index is 1360. The molecule has 33 heavy (non-hydrogen) atoms. The van der Waals surface area contributed by atoms with Crippen molar-refractivity contribution in [2.75, 3.05) is 24.6 Å². The predicted molar refractivity (Wildman–Crippen MR) is 134 cm³/mol. The van der Waals surface area contributed by atoms with Crippen LogP contribution in [0.5, 0.6) is 0 Å². The second kappa shape index (κ2) is 7.78. The Morgan fingerprint density at radius 1 is 0.909 bits per heavy atom. The van der Waals surface area contributed by atoms with Gasteiger partial charge in [0.2, 0.25) is 0 Å². The quantitative estimate of drug-likeness (QED) is 0.667. The van der Waals surface area contributed by atoms with Gasteiger partial charge in [0.1, 0.15) is 5.76 Å². The van der Waals surface area contributed by atoms with Gasteiger partial charge in [-0.05, 0) is 69.6 Å². The first kappa shape index (κ1) is 20.6. The van der Waals surface area contributed by atoms with Crippen LogP contribution < -0.4 is 15.3 Å². The molecule has 3 aliphatic rings. The Labute approximate surface area is 195 Å². The molecule has 0 spiro atoms. The summed E-state index contributed by atoms with van der Waals surface area (Å²) < 4.78 is 5.96. The summed E-state index contributed by atoms with van der Waals surface area (Å²) in [4.78, 5) is 2.46. The summed E-state index contributed by atoms with van der Waals surface area (Å²) >= 11 is 0. The summed E-state index contributed by atoms with van der Waals surface area (Å²) in [5.74, 6) is 1.12. The van der Waals surface area contributed by atoms with Gasteiger partial charge in [0.15, 0.2) is 0 Å². The number of anilines is 1. The van der Waals surface area contributed by atoms with Crippen LogP contribution in [0.1, 0.15) is 60.9 Å². The van der Waals surface area contributed by atoms with E-state index in [-0.39, 0.29) is 12.0 Å². The second-order valence-corrected chi connectivity index (χ2v) is 10.0. The highest BCUT2D eigenvalue weighted by atomic mass is 16.5. The molecule has 0 saturated carbocycles. The normalized spacial score (nSPS) is 20.1. The molecule has 0 aromatic heterocycles. The molecule has 0 bridgehead atoms. The summed E-state index contributed by atoms with van der Waals surface area (Å²) in [6, 6.07) is 22.1. The van der Waals surface area contributed by atoms with Crippen LogP contribution in [0.3, 0.4) is 0 Å². The zero-order chi connectivity index (χ0) is 22.6. The lowest BCUT2D eigenvalue weighted by Crippen LogP contribution is -2.39. The number of benzene rings is 3. The van der Waals surface area contributed by atoms with Gasteiger partial charge in [-0.1, -0.05) is 56.3 Å². The highest BCUT2D eigenvalue weighted by Crippen LogP contribution is 2.42. The van der Waals surface area contributed by atoms with Crippen molar-refractivity contribution in [2.24, 2.45) is 0 Å². The van der Waals surface area contributed by atoms with Gasteiger partial charge < -0.3 is 14.7 Å². The molecule has 0 atom stereocenters. The van der Waals surface area contributed by atoms with E-state index >= 15 is 0 Å². The van der Waals surface area contributed by atoms with E-state index in [1.807, 2.05) is 12.1 Å². The van der Waals surface area contributed by atoms with Gasteiger partial charge in [-0.25, -0.2) is 0 Å². The van der Waals surface area contributed by atoms with Crippen molar-refractivity contribution in [3.8, 4) is 0 Å². The SMILES string of the molecule is CC1(C)c2cc(N3CCC3)ccc2C(c2ccccc2CO)=c2cc/c(=C3/CCCO3)cc21. The monoisotopic (exact) mass is 437 g/mol. The maximum absolute atomic E-state index is 10.2. The van der Waals surface area contributed by atoms with E-state index in [0.717, 1.165) is 49.4 Å². The molecule has 2 fully saturated rings. The first-order chi connectivity index (χ1) is 16.1. The number of ether oxygens (including phenoxy) is 1. The van der Waals surface area contributed by atoms with Gasteiger partial charge >= 0.3 is 0 Å². The Balaban J connectivity index is 1.69. The Morgan fingerprint density at radius 2 is 1.76 bits per heavy atom. The van der Waals surface area contributed by atoms with Crippen LogP contribution in [0.2, 0.25) is 0 Å². The third-order valence-electron chi connectivity index (χ3n) is 7.73. The topological polar surface area (TPSA) is 32.7 Å². The zero-order valence-corrected chi connectivity index (χ0v) is 19.5. The van der Waals surface area contributed by atoms with E-state index in [2.05, 4.69) is 67.3 Å². The van der Waals surface area contributed by atoms with Crippen molar-refractivity contribution in [1.82, 2.24) is 0 Å². The number of hydrogen-bond acceptors (Lipinski definition) is 3. The minimum absolute atomic E-state index is 0.0312. The average molecular weight is 438 g/mol. The summed E-state index contributed by atoms with van der Waals surface area (Å²) in [6.45, 7) is 7.83. The van der Waals surface area contributed by atoms with Crippen LogP contribution in [-0.4, -0.2) is 24.8 Å². The summed E-state index contributed by atoms with van der Waals surface area (Å²) in [5, 5.41) is 12.6. The molecule has 0 amide bonds. The standard InChI is InChI=1S/C30H31NO2/c1-30(2)26-17-20(28-9-5-16-33-28)10-12-24(26)29(23-8-4-3-7-21(23)19-32)25-13-11-22(18-27(25)30)31-14-6-15-31/h3-4,7-8,10-13,17-18,32H,5-6,9,14-16,19H2,1-2H3/b28-20+. The number of hydrogen-bond donors (Lipinski definition) is 1. The molecule has 1 N–H and O–H groups in total. The Morgan fingerprint density at radius 3 is 2.48 bits per heavy atom. The van der Waals surface area contributed by atoms with Crippen LogP contribution in [0, 0.1) is 0 Å². The molecule has 0 unspecified atom stereocenters. The lowest BCUT2D eigenvalue weighted by molar-refractivity contribution is 0.281. The van der Waals surface area contributed by atoms with Gasteiger partial charge in [0.25, 0.3) is 0 Å². The van der Waals surface area contributed by atoms with Crippen molar-refractivity contribution in [2.45, 2.75) is 45.1 Å². The van der Waals surface area contributed by atoms with E-state index in [1.54, 1.807) is 0 Å². The molecule has 3 nitrogen and oxygen atoms in total. The number of aliphatic hydroxyl groups excluding tert-OH is 1. The van der Waals surface area contributed by atoms with Crippen LogP contribution in [0.15, 0.2) is 60.7 Å². The molecular formula is C30H31NO2. The van der Waals surface area contributed by atoms with Crippen molar-refractivity contribution in [1.29, 1.82) is 0 Å². The number of fused-ring (bicyclic) bond motifs is 2. The van der Waals surface area contributed by atoms with Crippen LogP contribution in [0.4, 0.5) is 5.69 Å². The van der Waals surface area contributed by atoms with Crippen molar-refractivity contribution < 1.29 is 9.84 Å².